The minimum atomic E-state index is -2.79. The van der Waals surface area contributed by atoms with Gasteiger partial charge in [0.15, 0.2) is 0 Å². The number of anilines is 1. The molecule has 13 heteroatoms. The molecule has 1 fully saturated rings. The number of hydrogen-bond donors (Lipinski definition) is 2. The number of pyridine rings is 1. The van der Waals surface area contributed by atoms with Crippen LogP contribution in [0.15, 0.2) is 6.07 Å². The van der Waals surface area contributed by atoms with Crippen molar-refractivity contribution in [2.45, 2.75) is 52.0 Å². The summed E-state index contributed by atoms with van der Waals surface area (Å²) in [5.41, 5.74) is 5.99. The molecule has 3 aromatic rings. The molecule has 33 heavy (non-hydrogen) atoms. The Hall–Kier alpha value is -3.48. The lowest BCUT2D eigenvalue weighted by Gasteiger charge is -2.15. The fraction of sp³-hybridized carbons (Fsp3) is 0.400. The van der Waals surface area contributed by atoms with Crippen molar-refractivity contribution < 1.29 is 23.3 Å². The number of halogens is 2. The van der Waals surface area contributed by atoms with E-state index in [1.54, 1.807) is 0 Å². The molecule has 0 aliphatic heterocycles. The first-order chi connectivity index (χ1) is 15.5. The molecule has 1 saturated carbocycles. The highest BCUT2D eigenvalue weighted by Crippen LogP contribution is 2.48. The lowest BCUT2D eigenvalue weighted by atomic mass is 10.0. The SMILES string of the molecule is Cc1nn(C(C)C(=O)Nc2c(C(N)=O)sc3nc(C(F)F)cc(C4CC4)c23)c(C)c1[N+](=O)[O-]. The monoisotopic (exact) mass is 478 g/mol. The van der Waals surface area contributed by atoms with Crippen LogP contribution >= 0.6 is 11.3 Å². The predicted octanol–water partition coefficient (Wildman–Crippen LogP) is 4.13. The van der Waals surface area contributed by atoms with Crippen molar-refractivity contribution in [1.29, 1.82) is 0 Å². The summed E-state index contributed by atoms with van der Waals surface area (Å²) >= 11 is 0.841. The predicted molar refractivity (Wildman–Crippen MR) is 117 cm³/mol. The molecule has 10 nitrogen and oxygen atoms in total. The van der Waals surface area contributed by atoms with Gasteiger partial charge >= 0.3 is 5.69 Å². The molecule has 0 aromatic carbocycles. The molecule has 1 aliphatic rings. The van der Waals surface area contributed by atoms with Gasteiger partial charge in [-0.1, -0.05) is 0 Å². The standard InChI is InChI=1S/C20H20F2N6O4S/c1-7-15(28(31)32)8(2)27(26-7)9(3)19(30)25-14-13-11(10-4-5-10)6-12(17(21)22)24-20(13)33-16(14)18(23)29/h6,9-10,17H,4-5H2,1-3H3,(H2,23,29)(H,25,30). The summed E-state index contributed by atoms with van der Waals surface area (Å²) in [4.78, 5) is 40.1. The second-order valence-electron chi connectivity index (χ2n) is 7.95. The Morgan fingerprint density at radius 3 is 2.55 bits per heavy atom. The third-order valence-corrected chi connectivity index (χ3v) is 6.74. The molecule has 0 radical (unpaired) electrons. The van der Waals surface area contributed by atoms with E-state index in [1.807, 2.05) is 0 Å². The largest absolute Gasteiger partial charge is 0.365 e. The van der Waals surface area contributed by atoms with Gasteiger partial charge in [0.2, 0.25) is 5.91 Å². The molecule has 0 spiro atoms. The summed E-state index contributed by atoms with van der Waals surface area (Å²) in [6.45, 7) is 4.46. The Morgan fingerprint density at radius 1 is 1.36 bits per heavy atom. The van der Waals surface area contributed by atoms with Crippen LogP contribution in [0, 0.1) is 24.0 Å². The zero-order valence-electron chi connectivity index (χ0n) is 17.9. The van der Waals surface area contributed by atoms with Gasteiger partial charge in [-0.3, -0.25) is 24.4 Å². The van der Waals surface area contributed by atoms with Crippen LogP contribution in [0.5, 0.6) is 0 Å². The number of nitro groups is 1. The number of amides is 2. The number of rotatable bonds is 7. The minimum absolute atomic E-state index is 0.00860. The van der Waals surface area contributed by atoms with Crippen molar-refractivity contribution in [3.8, 4) is 0 Å². The van der Waals surface area contributed by atoms with Gasteiger partial charge in [0.05, 0.1) is 10.6 Å². The van der Waals surface area contributed by atoms with E-state index in [9.17, 15) is 28.5 Å². The van der Waals surface area contributed by atoms with E-state index in [-0.39, 0.29) is 38.4 Å². The van der Waals surface area contributed by atoms with Crippen LogP contribution in [0.1, 0.15) is 70.5 Å². The number of carbonyl (C=O) groups excluding carboxylic acids is 2. The lowest BCUT2D eigenvalue weighted by Crippen LogP contribution is -2.26. The van der Waals surface area contributed by atoms with Gasteiger partial charge in [0.25, 0.3) is 12.3 Å². The number of fused-ring (bicyclic) bond motifs is 1. The minimum Gasteiger partial charge on any atom is -0.365 e. The fourth-order valence-electron chi connectivity index (χ4n) is 3.90. The molecule has 1 atom stereocenters. The van der Waals surface area contributed by atoms with Crippen LogP contribution in [-0.4, -0.2) is 31.5 Å². The molecular formula is C20H20F2N6O4S. The number of alkyl halides is 2. The first-order valence-electron chi connectivity index (χ1n) is 10.1. The Bertz CT molecular complexity index is 1310. The summed E-state index contributed by atoms with van der Waals surface area (Å²) in [6, 6.07) is 0.344. The Kier molecular flexibility index (Phi) is 5.60. The maximum Gasteiger partial charge on any atom is 0.312 e. The second kappa shape index (κ2) is 8.14. The van der Waals surface area contributed by atoms with E-state index in [4.69, 9.17) is 5.73 Å². The number of nitrogens with one attached hydrogen (secondary N) is 1. The number of nitrogens with zero attached hydrogens (tertiary/aromatic N) is 4. The summed E-state index contributed by atoms with van der Waals surface area (Å²) in [6.07, 6.45) is -1.20. The maximum atomic E-state index is 13.4. The molecule has 3 N–H and O–H groups in total. The Morgan fingerprint density at radius 2 is 2.03 bits per heavy atom. The number of nitrogens with two attached hydrogens (primary N) is 1. The van der Waals surface area contributed by atoms with Crippen molar-refractivity contribution >= 4 is 44.7 Å². The van der Waals surface area contributed by atoms with Gasteiger partial charge in [-0.05, 0) is 51.2 Å². The van der Waals surface area contributed by atoms with Crippen molar-refractivity contribution in [1.82, 2.24) is 14.8 Å². The Labute approximate surface area is 189 Å². The van der Waals surface area contributed by atoms with Crippen LogP contribution in [0.25, 0.3) is 10.2 Å². The highest BCUT2D eigenvalue weighted by Gasteiger charge is 2.33. The quantitative estimate of drug-likeness (QED) is 0.386. The normalized spacial score (nSPS) is 14.6. The average molecular weight is 478 g/mol. The van der Waals surface area contributed by atoms with E-state index in [1.165, 1.54) is 31.5 Å². The lowest BCUT2D eigenvalue weighted by molar-refractivity contribution is -0.386. The highest BCUT2D eigenvalue weighted by atomic mass is 32.1. The molecule has 0 saturated heterocycles. The topological polar surface area (TPSA) is 146 Å². The molecule has 1 aliphatic carbocycles. The van der Waals surface area contributed by atoms with E-state index in [2.05, 4.69) is 15.4 Å². The van der Waals surface area contributed by atoms with E-state index < -0.39 is 34.9 Å². The summed E-state index contributed by atoms with van der Waals surface area (Å²) in [5.74, 6) is -1.41. The number of aromatic nitrogens is 3. The van der Waals surface area contributed by atoms with Gasteiger partial charge in [-0.2, -0.15) is 5.10 Å². The highest BCUT2D eigenvalue weighted by molar-refractivity contribution is 7.21. The molecule has 3 aromatic heterocycles. The first kappa shape index (κ1) is 22.7. The molecule has 1 unspecified atom stereocenters. The van der Waals surface area contributed by atoms with E-state index >= 15 is 0 Å². The van der Waals surface area contributed by atoms with Crippen LogP contribution in [0.3, 0.4) is 0 Å². The van der Waals surface area contributed by atoms with E-state index in [0.717, 1.165) is 24.2 Å². The first-order valence-corrected chi connectivity index (χ1v) is 10.9. The van der Waals surface area contributed by atoms with Gasteiger partial charge < -0.3 is 11.1 Å². The molecule has 3 heterocycles. The fourth-order valence-corrected chi connectivity index (χ4v) is 4.92. The van der Waals surface area contributed by atoms with E-state index in [0.29, 0.717) is 10.9 Å². The van der Waals surface area contributed by atoms with Gasteiger partial charge in [0.1, 0.15) is 32.8 Å². The number of carbonyl (C=O) groups is 2. The van der Waals surface area contributed by atoms with Crippen molar-refractivity contribution in [2.75, 3.05) is 5.32 Å². The third-order valence-electron chi connectivity index (χ3n) is 5.64. The summed E-state index contributed by atoms with van der Waals surface area (Å²) < 4.78 is 28.0. The molecular weight excluding hydrogens is 458 g/mol. The molecule has 4 rings (SSSR count). The van der Waals surface area contributed by atoms with Crippen LogP contribution in [0.2, 0.25) is 0 Å². The van der Waals surface area contributed by atoms with Gasteiger partial charge in [0, 0.05) is 5.39 Å². The molecule has 2 amide bonds. The van der Waals surface area contributed by atoms with Gasteiger partial charge in [-0.15, -0.1) is 11.3 Å². The number of primary amides is 1. The average Bonchev–Trinajstić information content (AvgIpc) is 3.45. The molecule has 174 valence electrons. The maximum absolute atomic E-state index is 13.4. The summed E-state index contributed by atoms with van der Waals surface area (Å²) in [7, 11) is 0. The third kappa shape index (κ3) is 3.92. The molecule has 0 bridgehead atoms. The van der Waals surface area contributed by atoms with Crippen molar-refractivity contribution in [2.24, 2.45) is 5.73 Å². The second-order valence-corrected chi connectivity index (χ2v) is 8.95. The number of aryl methyl sites for hydroxylation is 1. The smallest absolute Gasteiger partial charge is 0.312 e. The summed E-state index contributed by atoms with van der Waals surface area (Å²) in [5, 5.41) is 18.5. The number of thiophene rings is 1. The zero-order chi connectivity index (χ0) is 24.2. The van der Waals surface area contributed by atoms with Crippen LogP contribution in [0.4, 0.5) is 20.2 Å². The zero-order valence-corrected chi connectivity index (χ0v) is 18.7. The van der Waals surface area contributed by atoms with Crippen LogP contribution in [-0.2, 0) is 4.79 Å². The van der Waals surface area contributed by atoms with Crippen molar-refractivity contribution in [3.63, 3.8) is 0 Å². The van der Waals surface area contributed by atoms with Crippen LogP contribution < -0.4 is 11.1 Å². The Balaban J connectivity index is 1.79. The van der Waals surface area contributed by atoms with Gasteiger partial charge in [-0.25, -0.2) is 13.8 Å². The van der Waals surface area contributed by atoms with Crippen molar-refractivity contribution in [3.05, 3.63) is 43.7 Å². The number of hydrogen-bond acceptors (Lipinski definition) is 7.